The van der Waals surface area contributed by atoms with Crippen molar-refractivity contribution in [3.8, 4) is 0 Å². The minimum atomic E-state index is -7.08. The summed E-state index contributed by atoms with van der Waals surface area (Å²) in [5, 5.41) is 0. The monoisotopic (exact) mass is 408 g/mol. The van der Waals surface area contributed by atoms with Gasteiger partial charge in [0.15, 0.2) is 0 Å². The van der Waals surface area contributed by atoms with Gasteiger partial charge in [-0.15, -0.1) is 0 Å². The number of allylic oxidation sites excluding steroid dienone is 4. The fourth-order valence-corrected chi connectivity index (χ4v) is 1.54. The topological polar surface area (TPSA) is 0 Å². The minimum absolute atomic E-state index is 0.723. The Hall–Kier alpha value is -1.57. The van der Waals surface area contributed by atoms with Crippen LogP contribution in [0.5, 0.6) is 0 Å². The molecule has 0 saturated heterocycles. The Labute approximate surface area is 127 Å². The fraction of sp³-hybridized carbons (Fsp3) is 0.600. The molecule has 0 aliphatic heterocycles. The molecule has 0 aromatic carbocycles. The zero-order valence-electron chi connectivity index (χ0n) is 11.2. The van der Waals surface area contributed by atoms with Crippen LogP contribution in [-0.2, 0) is 0 Å². The van der Waals surface area contributed by atoms with Crippen molar-refractivity contribution in [1.82, 2.24) is 0 Å². The summed E-state index contributed by atoms with van der Waals surface area (Å²) >= 11 is 0. The standard InChI is InChI=1S/C10H3F15/c1-2(6(11,12)13)3(7(14,15)16)4(8(17,18)19)5(9(20,21)22)10(23,24)25/h1H3/b3-2+. The maximum Gasteiger partial charge on any atom is 0.421 e. The predicted molar refractivity (Wildman–Crippen MR) is 50.0 cm³/mol. The quantitative estimate of drug-likeness (QED) is 0.348. The van der Waals surface area contributed by atoms with Gasteiger partial charge in [-0.1, -0.05) is 0 Å². The van der Waals surface area contributed by atoms with E-state index in [4.69, 9.17) is 0 Å². The van der Waals surface area contributed by atoms with E-state index in [0.29, 0.717) is 0 Å². The smallest absolute Gasteiger partial charge is 0.166 e. The first-order valence-electron chi connectivity index (χ1n) is 5.33. The van der Waals surface area contributed by atoms with Crippen molar-refractivity contribution < 1.29 is 65.9 Å². The van der Waals surface area contributed by atoms with Crippen molar-refractivity contribution in [3.05, 3.63) is 22.3 Å². The van der Waals surface area contributed by atoms with Crippen molar-refractivity contribution in [2.75, 3.05) is 0 Å². The van der Waals surface area contributed by atoms with E-state index in [0.717, 1.165) is 0 Å². The molecular weight excluding hydrogens is 405 g/mol. The van der Waals surface area contributed by atoms with Gasteiger partial charge in [-0.3, -0.25) is 0 Å². The van der Waals surface area contributed by atoms with Crippen molar-refractivity contribution in [1.29, 1.82) is 0 Å². The molecule has 0 N–H and O–H groups in total. The molecule has 0 aliphatic rings. The van der Waals surface area contributed by atoms with Gasteiger partial charge in [-0.05, 0) is 6.92 Å². The molecule has 0 spiro atoms. The van der Waals surface area contributed by atoms with Gasteiger partial charge >= 0.3 is 30.9 Å². The van der Waals surface area contributed by atoms with Crippen molar-refractivity contribution >= 4 is 0 Å². The van der Waals surface area contributed by atoms with Gasteiger partial charge in [0.2, 0.25) is 0 Å². The van der Waals surface area contributed by atoms with E-state index in [9.17, 15) is 65.9 Å². The van der Waals surface area contributed by atoms with Crippen LogP contribution in [0, 0.1) is 0 Å². The minimum Gasteiger partial charge on any atom is -0.166 e. The van der Waals surface area contributed by atoms with Crippen LogP contribution in [0.15, 0.2) is 22.3 Å². The van der Waals surface area contributed by atoms with Gasteiger partial charge in [0.1, 0.15) is 5.57 Å². The summed E-state index contributed by atoms with van der Waals surface area (Å²) in [5.74, 6) is 0. The zero-order chi connectivity index (χ0) is 20.8. The van der Waals surface area contributed by atoms with Crippen LogP contribution in [0.1, 0.15) is 6.92 Å². The lowest BCUT2D eigenvalue weighted by molar-refractivity contribution is -0.183. The Morgan fingerprint density at radius 1 is 0.400 bits per heavy atom. The van der Waals surface area contributed by atoms with Gasteiger partial charge in [0.25, 0.3) is 0 Å². The summed E-state index contributed by atoms with van der Waals surface area (Å²) in [6.45, 7) is -0.723. The van der Waals surface area contributed by atoms with Gasteiger partial charge in [0, 0.05) is 5.57 Å². The van der Waals surface area contributed by atoms with E-state index < -0.39 is 60.1 Å². The van der Waals surface area contributed by atoms with E-state index in [2.05, 4.69) is 0 Å². The average Bonchev–Trinajstić information content (AvgIpc) is 2.19. The molecule has 0 aliphatic carbocycles. The summed E-state index contributed by atoms with van der Waals surface area (Å²) < 4.78 is 187. The Morgan fingerprint density at radius 2 is 0.680 bits per heavy atom. The normalized spacial score (nSPS) is 15.8. The maximum atomic E-state index is 12.6. The molecule has 0 nitrogen and oxygen atoms in total. The Morgan fingerprint density at radius 3 is 0.840 bits per heavy atom. The van der Waals surface area contributed by atoms with Gasteiger partial charge in [-0.2, -0.15) is 65.9 Å². The fourth-order valence-electron chi connectivity index (χ4n) is 1.54. The zero-order valence-corrected chi connectivity index (χ0v) is 11.2. The Balaban J connectivity index is 7.57. The molecule has 25 heavy (non-hydrogen) atoms. The second kappa shape index (κ2) is 6.30. The van der Waals surface area contributed by atoms with E-state index in [-0.39, 0.29) is 0 Å². The average molecular weight is 408 g/mol. The first-order chi connectivity index (χ1) is 10.5. The van der Waals surface area contributed by atoms with Crippen LogP contribution in [-0.4, -0.2) is 30.9 Å². The third kappa shape index (κ3) is 5.73. The molecular formula is C10H3F15. The van der Waals surface area contributed by atoms with Gasteiger partial charge in [-0.25, -0.2) is 0 Å². The predicted octanol–water partition coefficient (Wildman–Crippen LogP) is 6.41. The van der Waals surface area contributed by atoms with E-state index in [1.807, 2.05) is 0 Å². The Kier molecular flexibility index (Phi) is 5.91. The lowest BCUT2D eigenvalue weighted by atomic mass is 9.93. The van der Waals surface area contributed by atoms with Crippen molar-refractivity contribution in [2.45, 2.75) is 37.8 Å². The molecule has 0 bridgehead atoms. The first kappa shape index (κ1) is 23.4. The van der Waals surface area contributed by atoms with E-state index in [1.54, 1.807) is 0 Å². The number of hydrogen-bond donors (Lipinski definition) is 0. The highest BCUT2D eigenvalue weighted by molar-refractivity contribution is 5.48. The highest BCUT2D eigenvalue weighted by Gasteiger charge is 2.62. The van der Waals surface area contributed by atoms with E-state index in [1.165, 1.54) is 0 Å². The molecule has 0 unspecified atom stereocenters. The lowest BCUT2D eigenvalue weighted by Crippen LogP contribution is -2.36. The Bertz CT molecular complexity index is 538. The maximum absolute atomic E-state index is 12.6. The van der Waals surface area contributed by atoms with E-state index >= 15 is 0 Å². The molecule has 0 fully saturated rings. The number of hydrogen-bond acceptors (Lipinski definition) is 0. The SMILES string of the molecule is C/C(=C(/C(=C(C(F)(F)F)C(F)(F)F)C(F)(F)F)C(F)(F)F)C(F)(F)F. The highest BCUT2D eigenvalue weighted by Crippen LogP contribution is 2.52. The molecule has 0 aromatic rings. The number of rotatable bonds is 1. The van der Waals surface area contributed by atoms with Crippen LogP contribution < -0.4 is 0 Å². The van der Waals surface area contributed by atoms with Crippen LogP contribution in [0.25, 0.3) is 0 Å². The largest absolute Gasteiger partial charge is 0.421 e. The molecule has 0 radical (unpaired) electrons. The summed E-state index contributed by atoms with van der Waals surface area (Å²) in [7, 11) is 0. The molecule has 0 atom stereocenters. The lowest BCUT2D eigenvalue weighted by Gasteiger charge is -2.26. The third-order valence-electron chi connectivity index (χ3n) is 2.43. The van der Waals surface area contributed by atoms with Crippen LogP contribution in [0.3, 0.4) is 0 Å². The molecule has 148 valence electrons. The summed E-state index contributed by atoms with van der Waals surface area (Å²) in [6.07, 6.45) is -34.3. The molecule has 0 aromatic heterocycles. The molecule has 0 heterocycles. The van der Waals surface area contributed by atoms with Crippen LogP contribution in [0.4, 0.5) is 65.9 Å². The second-order valence-corrected chi connectivity index (χ2v) is 4.24. The van der Waals surface area contributed by atoms with Crippen molar-refractivity contribution in [3.63, 3.8) is 0 Å². The van der Waals surface area contributed by atoms with Crippen LogP contribution in [0.2, 0.25) is 0 Å². The molecule has 0 saturated carbocycles. The van der Waals surface area contributed by atoms with Gasteiger partial charge in [0.05, 0.1) is 11.1 Å². The molecule has 15 heteroatoms. The van der Waals surface area contributed by atoms with Crippen molar-refractivity contribution in [2.24, 2.45) is 0 Å². The first-order valence-corrected chi connectivity index (χ1v) is 5.33. The van der Waals surface area contributed by atoms with Crippen LogP contribution >= 0.6 is 0 Å². The summed E-state index contributed by atoms with van der Waals surface area (Å²) in [4.78, 5) is 0. The number of alkyl halides is 15. The molecule has 0 amide bonds. The number of halogens is 15. The second-order valence-electron chi connectivity index (χ2n) is 4.24. The summed E-state index contributed by atoms with van der Waals surface area (Å²) in [5.41, 5.74) is -16.7. The third-order valence-corrected chi connectivity index (χ3v) is 2.43. The molecule has 0 rings (SSSR count). The highest BCUT2D eigenvalue weighted by atomic mass is 19.4. The summed E-state index contributed by atoms with van der Waals surface area (Å²) in [6, 6.07) is 0. The van der Waals surface area contributed by atoms with Gasteiger partial charge < -0.3 is 0 Å².